The number of para-hydroxylation sites is 1. The molecule has 1 N–H and O–H groups in total. The van der Waals surface area contributed by atoms with Gasteiger partial charge < -0.3 is 4.74 Å². The number of ether oxygens (including phenoxy) is 1. The molecule has 0 saturated carbocycles. The van der Waals surface area contributed by atoms with Crippen LogP contribution in [0.1, 0.15) is 25.0 Å². The van der Waals surface area contributed by atoms with Crippen molar-refractivity contribution in [2.24, 2.45) is 0 Å². The van der Waals surface area contributed by atoms with Gasteiger partial charge in [0, 0.05) is 18.1 Å². The number of carbonyl (C=O) groups is 2. The number of hydrogen-bond acceptors (Lipinski definition) is 3. The Kier molecular flexibility index (Phi) is 5.08. The average molecular weight is 389 g/mol. The molecular formula is C23H23N3O3. The van der Waals surface area contributed by atoms with Crippen LogP contribution in [0.2, 0.25) is 0 Å². The first-order valence-electron chi connectivity index (χ1n) is 9.69. The van der Waals surface area contributed by atoms with Gasteiger partial charge in [0.05, 0.1) is 17.5 Å². The van der Waals surface area contributed by atoms with Crippen molar-refractivity contribution in [2.75, 3.05) is 10.2 Å². The van der Waals surface area contributed by atoms with Crippen LogP contribution in [0.15, 0.2) is 67.0 Å². The Hall–Kier alpha value is -3.54. The van der Waals surface area contributed by atoms with Crippen molar-refractivity contribution >= 4 is 29.2 Å². The highest BCUT2D eigenvalue weighted by atomic mass is 16.6. The van der Waals surface area contributed by atoms with E-state index in [0.717, 1.165) is 35.3 Å². The quantitative estimate of drug-likeness (QED) is 0.643. The third-order valence-corrected chi connectivity index (χ3v) is 4.83. The van der Waals surface area contributed by atoms with Crippen LogP contribution in [0.25, 0.3) is 0 Å². The van der Waals surface area contributed by atoms with Gasteiger partial charge in [0.1, 0.15) is 0 Å². The molecular weight excluding hydrogens is 366 g/mol. The minimum Gasteiger partial charge on any atom is -0.447 e. The number of anilines is 3. The fraction of sp³-hybridized carbons (Fsp3) is 0.217. The maximum absolute atomic E-state index is 13.4. The van der Waals surface area contributed by atoms with Gasteiger partial charge in [-0.1, -0.05) is 24.3 Å². The lowest BCUT2D eigenvalue weighted by Gasteiger charge is -2.25. The number of nitrogens with zero attached hydrogens (tertiary/aromatic N) is 2. The van der Waals surface area contributed by atoms with Crippen LogP contribution in [0.4, 0.5) is 26.7 Å². The van der Waals surface area contributed by atoms with Crippen LogP contribution in [0, 0.1) is 0 Å². The lowest BCUT2D eigenvalue weighted by Crippen LogP contribution is -2.30. The molecule has 1 aromatic heterocycles. The van der Waals surface area contributed by atoms with Crippen molar-refractivity contribution in [3.05, 3.63) is 78.1 Å². The molecule has 6 nitrogen and oxygen atoms in total. The minimum atomic E-state index is -0.516. The zero-order valence-corrected chi connectivity index (χ0v) is 16.5. The second-order valence-corrected chi connectivity index (χ2v) is 7.26. The third-order valence-electron chi connectivity index (χ3n) is 4.83. The molecule has 3 aromatic rings. The van der Waals surface area contributed by atoms with Gasteiger partial charge >= 0.3 is 12.1 Å². The van der Waals surface area contributed by atoms with Crippen LogP contribution in [-0.4, -0.2) is 22.8 Å². The number of nitrogens with one attached hydrogen (secondary N) is 1. The van der Waals surface area contributed by atoms with E-state index < -0.39 is 6.09 Å². The SMILES string of the molecule is CC(C)OC(=O)Nc1ccc2c(c1)N(C(=O)n1cccc1)c1ccccc1CC2. The lowest BCUT2D eigenvalue weighted by atomic mass is 10.0. The number of fused-ring (bicyclic) bond motifs is 2. The number of aromatic nitrogens is 1. The van der Waals surface area contributed by atoms with Crippen LogP contribution in [0.3, 0.4) is 0 Å². The summed E-state index contributed by atoms with van der Waals surface area (Å²) < 4.78 is 6.73. The fourth-order valence-corrected chi connectivity index (χ4v) is 3.55. The molecule has 2 aromatic carbocycles. The summed E-state index contributed by atoms with van der Waals surface area (Å²) >= 11 is 0. The summed E-state index contributed by atoms with van der Waals surface area (Å²) in [5.41, 5.74) is 4.35. The number of amides is 2. The molecule has 0 atom stereocenters. The molecule has 0 bridgehead atoms. The summed E-state index contributed by atoms with van der Waals surface area (Å²) in [5, 5.41) is 2.76. The van der Waals surface area contributed by atoms with Crippen molar-refractivity contribution < 1.29 is 14.3 Å². The molecule has 2 amide bonds. The van der Waals surface area contributed by atoms with Crippen LogP contribution in [-0.2, 0) is 17.6 Å². The summed E-state index contributed by atoms with van der Waals surface area (Å²) in [4.78, 5) is 27.2. The maximum atomic E-state index is 13.4. The highest BCUT2D eigenvalue weighted by Crippen LogP contribution is 2.38. The van der Waals surface area contributed by atoms with Crippen molar-refractivity contribution in [3.63, 3.8) is 0 Å². The molecule has 1 aliphatic rings. The van der Waals surface area contributed by atoms with Gasteiger partial charge in [-0.2, -0.15) is 0 Å². The second-order valence-electron chi connectivity index (χ2n) is 7.26. The van der Waals surface area contributed by atoms with E-state index >= 15 is 0 Å². The van der Waals surface area contributed by atoms with Crippen LogP contribution in [0.5, 0.6) is 0 Å². The number of carbonyl (C=O) groups excluding carboxylic acids is 2. The van der Waals surface area contributed by atoms with E-state index in [0.29, 0.717) is 5.69 Å². The molecule has 0 aliphatic carbocycles. The van der Waals surface area contributed by atoms with Gasteiger partial charge in [0.2, 0.25) is 0 Å². The molecule has 0 radical (unpaired) electrons. The molecule has 0 unspecified atom stereocenters. The smallest absolute Gasteiger partial charge is 0.411 e. The Labute approximate surface area is 169 Å². The van der Waals surface area contributed by atoms with Gasteiger partial charge in [-0.05, 0) is 68.1 Å². The molecule has 0 fully saturated rings. The average Bonchev–Trinajstić information content (AvgIpc) is 3.17. The Bertz CT molecular complexity index is 1040. The standard InChI is InChI=1S/C23H23N3O3/c1-16(2)29-22(27)24-19-12-11-18-10-9-17-7-3-4-8-20(17)26(21(18)15-19)23(28)25-13-5-6-14-25/h3-8,11-16H,9-10H2,1-2H3,(H,24,27). The van der Waals surface area contributed by atoms with E-state index in [9.17, 15) is 9.59 Å². The molecule has 2 heterocycles. The first-order chi connectivity index (χ1) is 14.0. The Morgan fingerprint density at radius 3 is 2.34 bits per heavy atom. The van der Waals surface area contributed by atoms with E-state index in [2.05, 4.69) is 11.4 Å². The first kappa shape index (κ1) is 18.8. The summed E-state index contributed by atoms with van der Waals surface area (Å²) in [5.74, 6) is 0. The summed E-state index contributed by atoms with van der Waals surface area (Å²) in [6, 6.07) is 17.0. The number of rotatable bonds is 2. The molecule has 6 heteroatoms. The molecule has 29 heavy (non-hydrogen) atoms. The van der Waals surface area contributed by atoms with Crippen molar-refractivity contribution in [1.29, 1.82) is 0 Å². The number of aryl methyl sites for hydroxylation is 2. The molecule has 0 saturated heterocycles. The predicted molar refractivity (Wildman–Crippen MR) is 113 cm³/mol. The van der Waals surface area contributed by atoms with Gasteiger partial charge in [0.15, 0.2) is 0 Å². The summed E-state index contributed by atoms with van der Waals surface area (Å²) in [6.45, 7) is 3.59. The van der Waals surface area contributed by atoms with Gasteiger partial charge in [-0.25, -0.2) is 9.59 Å². The summed E-state index contributed by atoms with van der Waals surface area (Å²) in [7, 11) is 0. The van der Waals surface area contributed by atoms with E-state index in [1.807, 2.05) is 48.5 Å². The van der Waals surface area contributed by atoms with E-state index in [1.165, 1.54) is 0 Å². The second kappa shape index (κ2) is 7.83. The third kappa shape index (κ3) is 3.87. The van der Waals surface area contributed by atoms with E-state index in [-0.39, 0.29) is 12.1 Å². The zero-order valence-electron chi connectivity index (χ0n) is 16.5. The van der Waals surface area contributed by atoms with Crippen LogP contribution < -0.4 is 10.2 Å². The Balaban J connectivity index is 1.78. The van der Waals surface area contributed by atoms with Crippen LogP contribution >= 0.6 is 0 Å². The van der Waals surface area contributed by atoms with Crippen molar-refractivity contribution in [1.82, 2.24) is 4.57 Å². The molecule has 1 aliphatic heterocycles. The van der Waals surface area contributed by atoms with Crippen molar-refractivity contribution in [3.8, 4) is 0 Å². The van der Waals surface area contributed by atoms with Crippen molar-refractivity contribution in [2.45, 2.75) is 32.8 Å². The van der Waals surface area contributed by atoms with Gasteiger partial charge in [-0.15, -0.1) is 0 Å². The number of hydrogen-bond donors (Lipinski definition) is 1. The number of benzene rings is 2. The molecule has 0 spiro atoms. The van der Waals surface area contributed by atoms with Gasteiger partial charge in [0.25, 0.3) is 0 Å². The zero-order chi connectivity index (χ0) is 20.4. The van der Waals surface area contributed by atoms with E-state index in [1.54, 1.807) is 35.7 Å². The minimum absolute atomic E-state index is 0.174. The van der Waals surface area contributed by atoms with E-state index in [4.69, 9.17) is 4.74 Å². The van der Waals surface area contributed by atoms with Gasteiger partial charge in [-0.3, -0.25) is 14.8 Å². The largest absolute Gasteiger partial charge is 0.447 e. The fourth-order valence-electron chi connectivity index (χ4n) is 3.55. The summed E-state index contributed by atoms with van der Waals surface area (Å²) in [6.07, 6.45) is 4.38. The highest BCUT2D eigenvalue weighted by Gasteiger charge is 2.27. The topological polar surface area (TPSA) is 63.6 Å². The molecule has 148 valence electrons. The maximum Gasteiger partial charge on any atom is 0.411 e. The Morgan fingerprint density at radius 2 is 1.62 bits per heavy atom. The molecule has 4 rings (SSSR count). The monoisotopic (exact) mass is 389 g/mol. The highest BCUT2D eigenvalue weighted by molar-refractivity contribution is 6.03. The predicted octanol–water partition coefficient (Wildman–Crippen LogP) is 5.35. The Morgan fingerprint density at radius 1 is 0.931 bits per heavy atom. The normalized spacial score (nSPS) is 12.7. The first-order valence-corrected chi connectivity index (χ1v) is 9.69. The lowest BCUT2D eigenvalue weighted by molar-refractivity contribution is 0.130.